The summed E-state index contributed by atoms with van der Waals surface area (Å²) >= 11 is 0. The Morgan fingerprint density at radius 3 is 2.29 bits per heavy atom. The first-order valence-electron chi connectivity index (χ1n) is 4.35. The van der Waals surface area contributed by atoms with Crippen molar-refractivity contribution in [3.63, 3.8) is 0 Å². The van der Waals surface area contributed by atoms with Gasteiger partial charge in [0.05, 0.1) is 0 Å². The molecule has 2 nitrogen and oxygen atoms in total. The molecule has 0 spiro atoms. The van der Waals surface area contributed by atoms with E-state index in [-0.39, 0.29) is 20.4 Å². The van der Waals surface area contributed by atoms with Gasteiger partial charge in [-0.3, -0.25) is 0 Å². The summed E-state index contributed by atoms with van der Waals surface area (Å²) in [5.74, 6) is 1.19. The number of rotatable bonds is 4. The van der Waals surface area contributed by atoms with Gasteiger partial charge in [0.15, 0.2) is 6.47 Å². The average molecular weight is 363 g/mol. The number of hydrogen-bond donors (Lipinski definition) is 0. The number of carbonyl (C=O) groups excluding carboxylic acids is 1. The van der Waals surface area contributed by atoms with Crippen LogP contribution < -0.4 is 4.74 Å². The van der Waals surface area contributed by atoms with Gasteiger partial charge in [-0.05, 0) is 18.1 Å². The number of benzene rings is 1. The van der Waals surface area contributed by atoms with Crippen molar-refractivity contribution in [3.8, 4) is 5.75 Å². The third-order valence-corrected chi connectivity index (χ3v) is 1.73. The first-order valence-corrected chi connectivity index (χ1v) is 4.35. The van der Waals surface area contributed by atoms with Gasteiger partial charge in [0.1, 0.15) is 0 Å². The summed E-state index contributed by atoms with van der Waals surface area (Å²) < 4.78 is 4.56. The Morgan fingerprint density at radius 1 is 1.29 bits per heavy atom. The van der Waals surface area contributed by atoms with Crippen LogP contribution in [0.5, 0.6) is 5.75 Å². The summed E-state index contributed by atoms with van der Waals surface area (Å²) in [6, 6.07) is 7.49. The molecule has 1 aromatic carbocycles. The second-order valence-corrected chi connectivity index (χ2v) is 3.43. The fourth-order valence-corrected chi connectivity index (χ4v) is 1.21. The first-order chi connectivity index (χ1) is 6.22. The maximum Gasteiger partial charge on any atom is 0.170 e. The molecule has 0 atom stereocenters. The zero-order chi connectivity index (χ0) is 9.68. The summed E-state index contributed by atoms with van der Waals surface area (Å²) in [4.78, 5) is 9.89. The van der Waals surface area contributed by atoms with E-state index in [1.165, 1.54) is 12.0 Å². The van der Waals surface area contributed by atoms with Crippen molar-refractivity contribution in [2.75, 3.05) is 0 Å². The molecule has 1 aromatic rings. The Hall–Kier alpha value is -0.648. The minimum absolute atomic E-state index is 0. The van der Waals surface area contributed by atoms with Crippen molar-refractivity contribution in [1.82, 2.24) is 0 Å². The van der Waals surface area contributed by atoms with Crippen molar-refractivity contribution in [2.45, 2.75) is 20.3 Å². The minimum Gasteiger partial charge on any atom is -0.610 e. The van der Waals surface area contributed by atoms with E-state index >= 15 is 0 Å². The van der Waals surface area contributed by atoms with E-state index in [1.54, 1.807) is 12.1 Å². The normalized spacial score (nSPS) is 9.36. The van der Waals surface area contributed by atoms with Crippen LogP contribution in [0.15, 0.2) is 24.3 Å². The third kappa shape index (κ3) is 4.55. The maximum absolute atomic E-state index is 9.89. The van der Waals surface area contributed by atoms with Crippen molar-refractivity contribution in [3.05, 3.63) is 29.8 Å². The predicted molar refractivity (Wildman–Crippen MR) is 51.3 cm³/mol. The van der Waals surface area contributed by atoms with E-state index in [1.807, 2.05) is 12.1 Å². The molecule has 0 fully saturated rings. The van der Waals surface area contributed by atoms with E-state index in [9.17, 15) is 4.79 Å². The molecule has 0 N–H and O–H groups in total. The SMILES string of the molecule is CC(C)Cc1ccc(O[C-]=O)cc1.[Re]. The van der Waals surface area contributed by atoms with Crippen LogP contribution in [0, 0.1) is 5.92 Å². The molecule has 14 heavy (non-hydrogen) atoms. The van der Waals surface area contributed by atoms with Crippen LogP contribution in [0.1, 0.15) is 19.4 Å². The van der Waals surface area contributed by atoms with E-state index in [0.29, 0.717) is 11.7 Å². The monoisotopic (exact) mass is 364 g/mol. The predicted octanol–water partition coefficient (Wildman–Crippen LogP) is 2.33. The fraction of sp³-hybridized carbons (Fsp3) is 0.364. The van der Waals surface area contributed by atoms with Gasteiger partial charge in [-0.1, -0.05) is 31.5 Å². The van der Waals surface area contributed by atoms with Gasteiger partial charge >= 0.3 is 0 Å². The van der Waals surface area contributed by atoms with E-state index in [2.05, 4.69) is 18.6 Å². The van der Waals surface area contributed by atoms with Gasteiger partial charge in [0, 0.05) is 20.4 Å². The molecule has 0 aliphatic rings. The Labute approximate surface area is 98.3 Å². The van der Waals surface area contributed by atoms with Crippen molar-refractivity contribution in [1.29, 1.82) is 0 Å². The molecule has 0 unspecified atom stereocenters. The number of ether oxygens (including phenoxy) is 1. The van der Waals surface area contributed by atoms with Gasteiger partial charge in [-0.15, -0.1) is 12.1 Å². The van der Waals surface area contributed by atoms with Crippen LogP contribution in [-0.2, 0) is 31.6 Å². The van der Waals surface area contributed by atoms with Gasteiger partial charge < -0.3 is 9.53 Å². The van der Waals surface area contributed by atoms with Crippen LogP contribution in [0.25, 0.3) is 0 Å². The smallest absolute Gasteiger partial charge is 0.170 e. The zero-order valence-electron chi connectivity index (χ0n) is 8.29. The van der Waals surface area contributed by atoms with Crippen LogP contribution in [0.3, 0.4) is 0 Å². The Morgan fingerprint density at radius 2 is 1.86 bits per heavy atom. The van der Waals surface area contributed by atoms with Crippen molar-refractivity contribution in [2.24, 2.45) is 5.92 Å². The standard InChI is InChI=1S/C11H13O2.Re/c1-9(2)7-10-3-5-11(6-4-10)13-8-12;/h3-6,9H,7H2,1-2H3;/q-1;. The molecule has 3 heteroatoms. The topological polar surface area (TPSA) is 26.3 Å². The van der Waals surface area contributed by atoms with E-state index in [4.69, 9.17) is 0 Å². The summed E-state index contributed by atoms with van der Waals surface area (Å²) in [7, 11) is 0. The van der Waals surface area contributed by atoms with Crippen molar-refractivity contribution < 1.29 is 30.0 Å². The van der Waals surface area contributed by atoms with E-state index in [0.717, 1.165) is 6.42 Å². The Kier molecular flexibility index (Phi) is 6.44. The molecule has 77 valence electrons. The molecule has 1 rings (SSSR count). The molecule has 0 saturated heterocycles. The summed E-state index contributed by atoms with van der Waals surface area (Å²) in [6.07, 6.45) is 1.05. The summed E-state index contributed by atoms with van der Waals surface area (Å²) in [5.41, 5.74) is 1.26. The maximum atomic E-state index is 9.89. The van der Waals surface area contributed by atoms with Crippen LogP contribution >= 0.6 is 0 Å². The van der Waals surface area contributed by atoms with Crippen LogP contribution in [0.4, 0.5) is 0 Å². The first kappa shape index (κ1) is 13.4. The molecule has 0 bridgehead atoms. The van der Waals surface area contributed by atoms with Crippen LogP contribution in [0.2, 0.25) is 0 Å². The van der Waals surface area contributed by atoms with Gasteiger partial charge in [0.25, 0.3) is 0 Å². The molecular formula is C11H13O2Re-. The second kappa shape index (κ2) is 6.75. The molecule has 0 aliphatic heterocycles. The largest absolute Gasteiger partial charge is 0.610 e. The van der Waals surface area contributed by atoms with Gasteiger partial charge in [0.2, 0.25) is 0 Å². The second-order valence-electron chi connectivity index (χ2n) is 3.43. The minimum atomic E-state index is 0. The molecular weight excluding hydrogens is 350 g/mol. The molecule has 0 amide bonds. The quantitative estimate of drug-likeness (QED) is 0.768. The summed E-state index contributed by atoms with van der Waals surface area (Å²) in [5, 5.41) is 0. The molecule has 0 aromatic heterocycles. The Bertz CT molecular complexity index is 267. The molecule has 0 saturated carbocycles. The zero-order valence-corrected chi connectivity index (χ0v) is 11.0. The Balaban J connectivity index is 0.00000169. The van der Waals surface area contributed by atoms with Gasteiger partial charge in [-0.25, -0.2) is 0 Å². The number of hydrogen-bond acceptors (Lipinski definition) is 2. The van der Waals surface area contributed by atoms with Crippen molar-refractivity contribution >= 4 is 6.47 Å². The van der Waals surface area contributed by atoms with Gasteiger partial charge in [-0.2, -0.15) is 0 Å². The fourth-order valence-electron chi connectivity index (χ4n) is 1.21. The molecule has 1 radical (unpaired) electrons. The average Bonchev–Trinajstić information content (AvgIpc) is 2.08. The molecule has 0 heterocycles. The molecule has 0 aliphatic carbocycles. The van der Waals surface area contributed by atoms with Crippen LogP contribution in [-0.4, -0.2) is 6.47 Å². The third-order valence-electron chi connectivity index (χ3n) is 1.73. The summed E-state index contributed by atoms with van der Waals surface area (Å²) in [6.45, 7) is 5.73. The van der Waals surface area contributed by atoms with E-state index < -0.39 is 0 Å².